The van der Waals surface area contributed by atoms with Crippen molar-refractivity contribution >= 4 is 34.2 Å². The van der Waals surface area contributed by atoms with Gasteiger partial charge in [-0.1, -0.05) is 28.7 Å². The summed E-state index contributed by atoms with van der Waals surface area (Å²) in [7, 11) is 0. The minimum Gasteiger partial charge on any atom is -0.477 e. The number of ether oxygens (including phenoxy) is 1. The van der Waals surface area contributed by atoms with Crippen LogP contribution in [0.1, 0.15) is 41.9 Å². The zero-order valence-corrected chi connectivity index (χ0v) is 15.1. The molecular formula is C16H20IN3O3. The molecule has 2 aromatic heterocycles. The highest BCUT2D eigenvalue weighted by molar-refractivity contribution is 14.1. The number of aromatic nitrogens is 2. The summed E-state index contributed by atoms with van der Waals surface area (Å²) in [4.78, 5) is 18.2. The Kier molecular flexibility index (Phi) is 5.17. The number of hydrogen-bond acceptors (Lipinski definition) is 4. The molecule has 23 heavy (non-hydrogen) atoms. The highest BCUT2D eigenvalue weighted by Crippen LogP contribution is 2.35. The molecule has 1 aliphatic rings. The maximum absolute atomic E-state index is 11.4. The number of aromatic carboxylic acids is 1. The van der Waals surface area contributed by atoms with Crippen LogP contribution in [0.25, 0.3) is 5.65 Å². The molecule has 0 bridgehead atoms. The Morgan fingerprint density at radius 2 is 2.35 bits per heavy atom. The minimum absolute atomic E-state index is 0.199. The molecule has 3 heterocycles. The van der Waals surface area contributed by atoms with Crippen LogP contribution in [0.4, 0.5) is 0 Å². The van der Waals surface area contributed by atoms with Gasteiger partial charge in [0.25, 0.3) is 0 Å². The van der Waals surface area contributed by atoms with E-state index in [0.29, 0.717) is 0 Å². The van der Waals surface area contributed by atoms with Crippen LogP contribution in [0.2, 0.25) is 0 Å². The number of imidazole rings is 1. The molecule has 0 aromatic carbocycles. The van der Waals surface area contributed by atoms with Crippen molar-refractivity contribution < 1.29 is 14.6 Å². The molecule has 6 nitrogen and oxygen atoms in total. The van der Waals surface area contributed by atoms with E-state index in [1.54, 1.807) is 22.9 Å². The van der Waals surface area contributed by atoms with E-state index in [1.165, 1.54) is 0 Å². The molecule has 2 atom stereocenters. The number of hydrogen-bond donors (Lipinski definition) is 1. The Bertz CT molecular complexity index is 703. The number of carboxylic acids is 1. The molecule has 2 aromatic rings. The lowest BCUT2D eigenvalue weighted by molar-refractivity contribution is -0.00402. The van der Waals surface area contributed by atoms with Gasteiger partial charge in [0.15, 0.2) is 0 Å². The molecule has 0 saturated carbocycles. The van der Waals surface area contributed by atoms with Crippen molar-refractivity contribution in [3.05, 3.63) is 35.8 Å². The van der Waals surface area contributed by atoms with E-state index in [9.17, 15) is 9.90 Å². The molecule has 0 unspecified atom stereocenters. The normalized spacial score (nSPS) is 22.5. The number of halogens is 1. The second-order valence-corrected chi connectivity index (χ2v) is 6.33. The van der Waals surface area contributed by atoms with Gasteiger partial charge in [0.05, 0.1) is 10.7 Å². The van der Waals surface area contributed by atoms with Gasteiger partial charge in [-0.25, -0.2) is 9.78 Å². The molecule has 1 N–H and O–H groups in total. The predicted octanol–water partition coefficient (Wildman–Crippen LogP) is 2.97. The lowest BCUT2D eigenvalue weighted by atomic mass is 9.94. The number of rotatable bonds is 5. The Morgan fingerprint density at radius 1 is 1.52 bits per heavy atom. The summed E-state index contributed by atoms with van der Waals surface area (Å²) in [5.74, 6) is -0.943. The van der Waals surface area contributed by atoms with Crippen LogP contribution in [0.3, 0.4) is 0 Å². The van der Waals surface area contributed by atoms with Crippen LogP contribution in [-0.4, -0.2) is 49.2 Å². The van der Waals surface area contributed by atoms with Crippen molar-refractivity contribution in [2.24, 2.45) is 0 Å². The lowest BCUT2D eigenvalue weighted by Crippen LogP contribution is -2.39. The Morgan fingerprint density at radius 3 is 3.04 bits per heavy atom. The average molecular weight is 429 g/mol. The van der Waals surface area contributed by atoms with E-state index in [0.717, 1.165) is 41.8 Å². The third-order valence-corrected chi connectivity index (χ3v) is 5.25. The predicted molar refractivity (Wildman–Crippen MR) is 95.1 cm³/mol. The van der Waals surface area contributed by atoms with E-state index in [-0.39, 0.29) is 17.8 Å². The van der Waals surface area contributed by atoms with Crippen molar-refractivity contribution in [1.82, 2.24) is 14.3 Å². The van der Waals surface area contributed by atoms with Gasteiger partial charge in [-0.05, 0) is 25.8 Å². The maximum Gasteiger partial charge on any atom is 0.352 e. The molecule has 3 rings (SSSR count). The van der Waals surface area contributed by atoms with E-state index in [4.69, 9.17) is 4.74 Å². The molecule has 1 saturated heterocycles. The minimum atomic E-state index is -0.943. The lowest BCUT2D eigenvalue weighted by Gasteiger charge is -2.38. The fourth-order valence-corrected chi connectivity index (χ4v) is 4.12. The molecule has 7 heteroatoms. The number of alkyl halides is 1. The number of pyridine rings is 1. The molecule has 0 spiro atoms. The van der Waals surface area contributed by atoms with Gasteiger partial charge in [-0.2, -0.15) is 0 Å². The summed E-state index contributed by atoms with van der Waals surface area (Å²) in [6, 6.07) is 3.77. The summed E-state index contributed by atoms with van der Waals surface area (Å²) in [6.07, 6.45) is 5.55. The largest absolute Gasteiger partial charge is 0.477 e. The Balaban J connectivity index is 2.01. The van der Waals surface area contributed by atoms with Gasteiger partial charge in [0, 0.05) is 37.2 Å². The van der Waals surface area contributed by atoms with E-state index in [2.05, 4.69) is 32.5 Å². The van der Waals surface area contributed by atoms with Crippen molar-refractivity contribution in [1.29, 1.82) is 0 Å². The highest BCUT2D eigenvalue weighted by Gasteiger charge is 2.31. The van der Waals surface area contributed by atoms with Gasteiger partial charge in [-0.15, -0.1) is 0 Å². The summed E-state index contributed by atoms with van der Waals surface area (Å²) in [5.41, 5.74) is 2.03. The SMILES string of the molecule is CCO[C@H]1CCN(CI)[C@H](c2ccc(C(=O)O)n3ccnc23)C1. The van der Waals surface area contributed by atoms with E-state index in [1.807, 2.05) is 13.0 Å². The number of fused-ring (bicyclic) bond motifs is 1. The third-order valence-electron chi connectivity index (χ3n) is 4.38. The molecule has 1 aliphatic heterocycles. The Hall–Kier alpha value is -1.19. The van der Waals surface area contributed by atoms with Crippen LogP contribution in [0, 0.1) is 0 Å². The first-order valence-electron chi connectivity index (χ1n) is 7.76. The van der Waals surface area contributed by atoms with Crippen molar-refractivity contribution in [2.75, 3.05) is 17.7 Å². The quantitative estimate of drug-likeness (QED) is 0.450. The van der Waals surface area contributed by atoms with Crippen molar-refractivity contribution in [3.8, 4) is 0 Å². The van der Waals surface area contributed by atoms with Crippen LogP contribution in [-0.2, 0) is 4.74 Å². The summed E-state index contributed by atoms with van der Waals surface area (Å²) in [5, 5.41) is 9.33. The Labute approximate surface area is 148 Å². The van der Waals surface area contributed by atoms with Gasteiger partial charge in [-0.3, -0.25) is 9.30 Å². The van der Waals surface area contributed by atoms with Crippen LogP contribution in [0.5, 0.6) is 0 Å². The van der Waals surface area contributed by atoms with Crippen LogP contribution < -0.4 is 0 Å². The van der Waals surface area contributed by atoms with Crippen LogP contribution >= 0.6 is 22.6 Å². The van der Waals surface area contributed by atoms with Crippen molar-refractivity contribution in [3.63, 3.8) is 0 Å². The fraction of sp³-hybridized carbons (Fsp3) is 0.500. The van der Waals surface area contributed by atoms with Gasteiger partial charge < -0.3 is 9.84 Å². The standard InChI is InChI=1S/C16H20IN3O3/c1-2-23-11-5-7-19(10-17)14(9-11)12-3-4-13(16(21)22)20-8-6-18-15(12)20/h3-4,6,8,11,14H,2,5,7,9-10H2,1H3,(H,21,22)/t11-,14-/m0/s1. The monoisotopic (exact) mass is 429 g/mol. The molecule has 0 aliphatic carbocycles. The maximum atomic E-state index is 11.4. The smallest absolute Gasteiger partial charge is 0.352 e. The third kappa shape index (κ3) is 3.22. The average Bonchev–Trinajstić information content (AvgIpc) is 3.03. The number of likely N-dealkylation sites (tertiary alicyclic amines) is 1. The van der Waals surface area contributed by atoms with Crippen molar-refractivity contribution in [2.45, 2.75) is 31.9 Å². The van der Waals surface area contributed by atoms with Gasteiger partial charge in [0.2, 0.25) is 0 Å². The zero-order chi connectivity index (χ0) is 16.4. The number of nitrogens with zero attached hydrogens (tertiary/aromatic N) is 3. The van der Waals surface area contributed by atoms with E-state index < -0.39 is 5.97 Å². The zero-order valence-electron chi connectivity index (χ0n) is 13.0. The fourth-order valence-electron chi connectivity index (χ4n) is 3.30. The summed E-state index contributed by atoms with van der Waals surface area (Å²) < 4.78 is 8.42. The molecule has 0 amide bonds. The van der Waals surface area contributed by atoms with Gasteiger partial charge >= 0.3 is 5.97 Å². The molecule has 124 valence electrons. The second kappa shape index (κ2) is 7.14. The summed E-state index contributed by atoms with van der Waals surface area (Å²) in [6.45, 7) is 3.72. The highest BCUT2D eigenvalue weighted by atomic mass is 127. The first kappa shape index (κ1) is 16.7. The molecule has 1 fully saturated rings. The number of carboxylic acid groups (broad SMARTS) is 1. The summed E-state index contributed by atoms with van der Waals surface area (Å²) >= 11 is 2.38. The number of piperidine rings is 1. The first-order valence-corrected chi connectivity index (χ1v) is 9.29. The second-order valence-electron chi connectivity index (χ2n) is 5.65. The van der Waals surface area contributed by atoms with E-state index >= 15 is 0 Å². The topological polar surface area (TPSA) is 67.1 Å². The van der Waals surface area contributed by atoms with Gasteiger partial charge in [0.1, 0.15) is 11.3 Å². The van der Waals surface area contributed by atoms with Crippen LogP contribution in [0.15, 0.2) is 24.5 Å². The first-order chi connectivity index (χ1) is 11.2. The molecular weight excluding hydrogens is 409 g/mol. The number of carbonyl (C=O) groups is 1. The molecule has 0 radical (unpaired) electrons.